The van der Waals surface area contributed by atoms with Crippen LogP contribution in [0.4, 0.5) is 0 Å². The maximum Gasteiger partial charge on any atom is 0.160 e. The number of aromatic hydroxyl groups is 1. The van der Waals surface area contributed by atoms with Gasteiger partial charge in [0.05, 0.1) is 12.8 Å². The lowest BCUT2D eigenvalue weighted by Crippen LogP contribution is -1.97. The first-order valence-electron chi connectivity index (χ1n) is 6.28. The number of phenols is 1. The Morgan fingerprint density at radius 3 is 2.55 bits per heavy atom. The first-order valence-corrected chi connectivity index (χ1v) is 6.28. The summed E-state index contributed by atoms with van der Waals surface area (Å²) in [6.45, 7) is 2.24. The number of hydrogen-bond acceptors (Lipinski definition) is 4. The van der Waals surface area contributed by atoms with Crippen molar-refractivity contribution in [3.05, 3.63) is 59.7 Å². The smallest absolute Gasteiger partial charge is 0.160 e. The first kappa shape index (κ1) is 13.9. The van der Waals surface area contributed by atoms with E-state index in [-0.39, 0.29) is 5.75 Å². The molecular weight excluding hydrogens is 254 g/mol. The van der Waals surface area contributed by atoms with Crippen LogP contribution in [0.5, 0.6) is 11.5 Å². The van der Waals surface area contributed by atoms with Crippen LogP contribution in [-0.4, -0.2) is 17.9 Å². The quantitative estimate of drug-likeness (QED) is 0.670. The minimum Gasteiger partial charge on any atom is -0.504 e. The van der Waals surface area contributed by atoms with Crippen LogP contribution in [0.3, 0.4) is 0 Å². The summed E-state index contributed by atoms with van der Waals surface area (Å²) in [4.78, 5) is 5.31. The summed E-state index contributed by atoms with van der Waals surface area (Å²) < 4.78 is 5.00. The number of phenolic OH excluding ortho intramolecular Hbond substituents is 1. The Morgan fingerprint density at radius 2 is 1.90 bits per heavy atom. The van der Waals surface area contributed by atoms with Crippen LogP contribution in [0, 0.1) is 0 Å². The van der Waals surface area contributed by atoms with Crippen molar-refractivity contribution in [1.82, 2.24) is 0 Å². The normalized spacial score (nSPS) is 11.2. The van der Waals surface area contributed by atoms with E-state index in [0.717, 1.165) is 11.1 Å². The van der Waals surface area contributed by atoms with Gasteiger partial charge < -0.3 is 14.7 Å². The van der Waals surface area contributed by atoms with Gasteiger partial charge in [0.1, 0.15) is 6.61 Å². The van der Waals surface area contributed by atoms with E-state index in [0.29, 0.717) is 18.1 Å². The second kappa shape index (κ2) is 6.61. The minimum atomic E-state index is 0.0857. The van der Waals surface area contributed by atoms with Crippen LogP contribution in [-0.2, 0) is 11.4 Å². The molecule has 0 saturated heterocycles. The Labute approximate surface area is 118 Å². The van der Waals surface area contributed by atoms with E-state index in [4.69, 9.17) is 9.57 Å². The van der Waals surface area contributed by atoms with Crippen molar-refractivity contribution in [2.75, 3.05) is 7.11 Å². The van der Waals surface area contributed by atoms with Crippen LogP contribution >= 0.6 is 0 Å². The van der Waals surface area contributed by atoms with Crippen molar-refractivity contribution in [2.24, 2.45) is 5.16 Å². The van der Waals surface area contributed by atoms with E-state index in [2.05, 4.69) is 5.16 Å². The lowest BCUT2D eigenvalue weighted by Gasteiger charge is -2.06. The Kier molecular flexibility index (Phi) is 4.60. The molecule has 0 heterocycles. The average Bonchev–Trinajstić information content (AvgIpc) is 2.48. The van der Waals surface area contributed by atoms with Gasteiger partial charge in [-0.1, -0.05) is 35.5 Å². The number of rotatable bonds is 5. The van der Waals surface area contributed by atoms with Crippen molar-refractivity contribution in [3.63, 3.8) is 0 Å². The molecule has 2 aromatic carbocycles. The average molecular weight is 271 g/mol. The lowest BCUT2D eigenvalue weighted by molar-refractivity contribution is 0.130. The van der Waals surface area contributed by atoms with Gasteiger partial charge in [-0.25, -0.2) is 0 Å². The molecule has 1 N–H and O–H groups in total. The van der Waals surface area contributed by atoms with E-state index < -0.39 is 0 Å². The number of hydrogen-bond donors (Lipinski definition) is 1. The summed E-state index contributed by atoms with van der Waals surface area (Å²) in [6.07, 6.45) is 0. The van der Waals surface area contributed by atoms with Gasteiger partial charge in [0.25, 0.3) is 0 Å². The fourth-order valence-corrected chi connectivity index (χ4v) is 1.75. The SMILES string of the molecule is COc1ccc(/C(C)=N/OCc2ccccc2)cc1O. The van der Waals surface area contributed by atoms with E-state index >= 15 is 0 Å². The van der Waals surface area contributed by atoms with Crippen LogP contribution in [0.2, 0.25) is 0 Å². The van der Waals surface area contributed by atoms with Crippen molar-refractivity contribution in [3.8, 4) is 11.5 Å². The molecule has 0 aliphatic heterocycles. The zero-order chi connectivity index (χ0) is 14.4. The van der Waals surface area contributed by atoms with Crippen molar-refractivity contribution in [2.45, 2.75) is 13.5 Å². The summed E-state index contributed by atoms with van der Waals surface area (Å²) in [6, 6.07) is 14.9. The third-order valence-corrected chi connectivity index (χ3v) is 2.87. The summed E-state index contributed by atoms with van der Waals surface area (Å²) in [5, 5.41) is 13.8. The zero-order valence-corrected chi connectivity index (χ0v) is 11.5. The molecule has 0 aliphatic carbocycles. The number of nitrogens with zero attached hydrogens (tertiary/aromatic N) is 1. The predicted molar refractivity (Wildman–Crippen MR) is 78.1 cm³/mol. The van der Waals surface area contributed by atoms with Crippen molar-refractivity contribution in [1.29, 1.82) is 0 Å². The van der Waals surface area contributed by atoms with Gasteiger partial charge in [0, 0.05) is 5.56 Å². The summed E-state index contributed by atoms with van der Waals surface area (Å²) in [5.41, 5.74) is 2.54. The summed E-state index contributed by atoms with van der Waals surface area (Å²) in [5.74, 6) is 0.523. The van der Waals surface area contributed by atoms with Gasteiger partial charge in [-0.05, 0) is 30.7 Å². The topological polar surface area (TPSA) is 51.0 Å². The van der Waals surface area contributed by atoms with Crippen LogP contribution in [0.15, 0.2) is 53.7 Å². The van der Waals surface area contributed by atoms with Gasteiger partial charge in [0.2, 0.25) is 0 Å². The largest absolute Gasteiger partial charge is 0.504 e. The second-order valence-corrected chi connectivity index (χ2v) is 4.32. The third-order valence-electron chi connectivity index (χ3n) is 2.87. The molecule has 4 heteroatoms. The fraction of sp³-hybridized carbons (Fsp3) is 0.188. The van der Waals surface area contributed by atoms with Gasteiger partial charge in [-0.15, -0.1) is 0 Å². The lowest BCUT2D eigenvalue weighted by atomic mass is 10.1. The highest BCUT2D eigenvalue weighted by atomic mass is 16.6. The van der Waals surface area contributed by atoms with E-state index in [1.165, 1.54) is 7.11 Å². The van der Waals surface area contributed by atoms with Crippen LogP contribution < -0.4 is 4.74 Å². The Hall–Kier alpha value is -2.49. The number of oxime groups is 1. The second-order valence-electron chi connectivity index (χ2n) is 4.32. The zero-order valence-electron chi connectivity index (χ0n) is 11.5. The Morgan fingerprint density at radius 1 is 1.15 bits per heavy atom. The number of ether oxygens (including phenoxy) is 1. The molecule has 0 fully saturated rings. The maximum atomic E-state index is 9.72. The van der Waals surface area contributed by atoms with E-state index in [1.807, 2.05) is 43.3 Å². The fourth-order valence-electron chi connectivity index (χ4n) is 1.75. The molecule has 2 aromatic rings. The summed E-state index contributed by atoms with van der Waals surface area (Å²) in [7, 11) is 1.51. The monoisotopic (exact) mass is 271 g/mol. The number of methoxy groups -OCH3 is 1. The molecule has 20 heavy (non-hydrogen) atoms. The molecule has 0 spiro atoms. The van der Waals surface area contributed by atoms with Gasteiger partial charge >= 0.3 is 0 Å². The standard InChI is InChI=1S/C16H17NO3/c1-12(14-8-9-16(19-2)15(18)10-14)17-20-11-13-6-4-3-5-7-13/h3-10,18H,11H2,1-2H3/b17-12+. The molecule has 2 rings (SSSR count). The highest BCUT2D eigenvalue weighted by molar-refractivity contribution is 5.98. The molecule has 4 nitrogen and oxygen atoms in total. The van der Waals surface area contributed by atoms with Gasteiger partial charge in [0.15, 0.2) is 11.5 Å². The molecule has 0 aromatic heterocycles. The van der Waals surface area contributed by atoms with Gasteiger partial charge in [-0.3, -0.25) is 0 Å². The molecule has 0 amide bonds. The summed E-state index contributed by atoms with van der Waals surface area (Å²) >= 11 is 0. The van der Waals surface area contributed by atoms with Crippen molar-refractivity contribution >= 4 is 5.71 Å². The number of benzene rings is 2. The highest BCUT2D eigenvalue weighted by Gasteiger charge is 2.05. The molecule has 0 radical (unpaired) electrons. The van der Waals surface area contributed by atoms with E-state index in [9.17, 15) is 5.11 Å². The van der Waals surface area contributed by atoms with Crippen LogP contribution in [0.1, 0.15) is 18.1 Å². The molecule has 0 aliphatic rings. The first-order chi connectivity index (χ1) is 9.70. The molecule has 0 atom stereocenters. The molecule has 0 bridgehead atoms. The molecule has 104 valence electrons. The predicted octanol–water partition coefficient (Wildman–Crippen LogP) is 3.34. The Bertz CT molecular complexity index is 594. The van der Waals surface area contributed by atoms with Crippen LogP contribution in [0.25, 0.3) is 0 Å². The molecule has 0 saturated carbocycles. The van der Waals surface area contributed by atoms with Gasteiger partial charge in [-0.2, -0.15) is 0 Å². The molecular formula is C16H17NO3. The Balaban J connectivity index is 2.01. The maximum absolute atomic E-state index is 9.72. The highest BCUT2D eigenvalue weighted by Crippen LogP contribution is 2.26. The molecule has 0 unspecified atom stereocenters. The minimum absolute atomic E-state index is 0.0857. The third kappa shape index (κ3) is 3.51. The van der Waals surface area contributed by atoms with Crippen molar-refractivity contribution < 1.29 is 14.7 Å². The van der Waals surface area contributed by atoms with E-state index in [1.54, 1.807) is 12.1 Å².